The Morgan fingerprint density at radius 3 is 2.75 bits per heavy atom. The highest BCUT2D eigenvalue weighted by molar-refractivity contribution is 5.81. The molecule has 2 rings (SSSR count). The van der Waals surface area contributed by atoms with Gasteiger partial charge in [0.1, 0.15) is 0 Å². The van der Waals surface area contributed by atoms with E-state index in [1.165, 1.54) is 5.56 Å². The van der Waals surface area contributed by atoms with Crippen molar-refractivity contribution in [3.05, 3.63) is 36.0 Å². The topological polar surface area (TPSA) is 54.3 Å². The van der Waals surface area contributed by atoms with Gasteiger partial charge in [-0.05, 0) is 43.5 Å². The van der Waals surface area contributed by atoms with Crippen LogP contribution in [0.5, 0.6) is 0 Å². The molecular weight excluding hydrogens is 252 g/mol. The zero-order valence-electron chi connectivity index (χ0n) is 12.3. The first-order valence-electron chi connectivity index (χ1n) is 6.96. The summed E-state index contributed by atoms with van der Waals surface area (Å²) >= 11 is 0. The fourth-order valence-corrected chi connectivity index (χ4v) is 2.24. The highest BCUT2D eigenvalue weighted by Crippen LogP contribution is 2.24. The first kappa shape index (κ1) is 14.6. The lowest BCUT2D eigenvalue weighted by atomic mass is 9.94. The van der Waals surface area contributed by atoms with Gasteiger partial charge < -0.3 is 15.0 Å². The summed E-state index contributed by atoms with van der Waals surface area (Å²) in [5, 5.41) is 13.7. The van der Waals surface area contributed by atoms with Gasteiger partial charge in [0.15, 0.2) is 0 Å². The van der Waals surface area contributed by atoms with Crippen molar-refractivity contribution in [1.82, 2.24) is 9.88 Å². The molecule has 2 N–H and O–H groups in total. The van der Waals surface area contributed by atoms with E-state index in [2.05, 4.69) is 30.4 Å². The summed E-state index contributed by atoms with van der Waals surface area (Å²) in [6, 6.07) is 8.37. The number of hydrogen-bond donors (Lipinski definition) is 2. The Morgan fingerprint density at radius 1 is 1.35 bits per heavy atom. The summed E-state index contributed by atoms with van der Waals surface area (Å²) < 4.78 is 2.03. The van der Waals surface area contributed by atoms with E-state index < -0.39 is 11.4 Å². The lowest BCUT2D eigenvalue weighted by molar-refractivity contribution is -0.147. The van der Waals surface area contributed by atoms with E-state index in [0.29, 0.717) is 6.54 Å². The largest absolute Gasteiger partial charge is 0.481 e. The van der Waals surface area contributed by atoms with E-state index in [1.807, 2.05) is 16.8 Å². The molecule has 0 unspecified atom stereocenters. The van der Waals surface area contributed by atoms with Crippen LogP contribution in [0.15, 0.2) is 30.5 Å². The number of carbonyl (C=O) groups is 1. The van der Waals surface area contributed by atoms with E-state index >= 15 is 0 Å². The summed E-state index contributed by atoms with van der Waals surface area (Å²) in [5.41, 5.74) is 1.53. The van der Waals surface area contributed by atoms with E-state index in [0.717, 1.165) is 24.0 Å². The molecule has 108 valence electrons. The van der Waals surface area contributed by atoms with Crippen LogP contribution in [0.2, 0.25) is 0 Å². The van der Waals surface area contributed by atoms with Crippen molar-refractivity contribution in [3.63, 3.8) is 0 Å². The lowest BCUT2D eigenvalue weighted by Gasteiger charge is -2.20. The number of fused-ring (bicyclic) bond motifs is 1. The van der Waals surface area contributed by atoms with Crippen LogP contribution in [0.1, 0.15) is 26.3 Å². The molecule has 0 spiro atoms. The third-order valence-electron chi connectivity index (χ3n) is 3.56. The molecular formula is C16H22N2O2. The molecule has 0 aliphatic rings. The molecule has 1 heterocycles. The molecule has 0 atom stereocenters. The van der Waals surface area contributed by atoms with E-state index in [9.17, 15) is 9.90 Å². The minimum atomic E-state index is -0.775. The van der Waals surface area contributed by atoms with Gasteiger partial charge in [-0.2, -0.15) is 0 Å². The molecule has 2 aromatic rings. The monoisotopic (exact) mass is 274 g/mol. The third-order valence-corrected chi connectivity index (χ3v) is 3.56. The van der Waals surface area contributed by atoms with Gasteiger partial charge in [-0.3, -0.25) is 4.79 Å². The Kier molecular flexibility index (Phi) is 4.14. The van der Waals surface area contributed by atoms with Crippen LogP contribution in [0.3, 0.4) is 0 Å². The Morgan fingerprint density at radius 2 is 2.10 bits per heavy atom. The fourth-order valence-electron chi connectivity index (χ4n) is 2.24. The maximum atomic E-state index is 11.3. The SMILES string of the molecule is CCNCc1ccc2ccn(CC(C)(C)C(=O)O)c2c1. The summed E-state index contributed by atoms with van der Waals surface area (Å²) in [7, 11) is 0. The number of nitrogens with one attached hydrogen (secondary N) is 1. The zero-order chi connectivity index (χ0) is 14.8. The minimum Gasteiger partial charge on any atom is -0.481 e. The van der Waals surface area contributed by atoms with Crippen molar-refractivity contribution in [2.24, 2.45) is 5.41 Å². The van der Waals surface area contributed by atoms with Gasteiger partial charge in [0.05, 0.1) is 5.41 Å². The highest BCUT2D eigenvalue weighted by atomic mass is 16.4. The van der Waals surface area contributed by atoms with E-state index in [4.69, 9.17) is 0 Å². The number of hydrogen-bond acceptors (Lipinski definition) is 2. The van der Waals surface area contributed by atoms with Gasteiger partial charge in [-0.15, -0.1) is 0 Å². The second-order valence-corrected chi connectivity index (χ2v) is 5.81. The Balaban J connectivity index is 2.32. The molecule has 4 heteroatoms. The number of carboxylic acids is 1. The van der Waals surface area contributed by atoms with Gasteiger partial charge in [0.2, 0.25) is 0 Å². The number of aromatic nitrogens is 1. The van der Waals surface area contributed by atoms with Crippen LogP contribution >= 0.6 is 0 Å². The quantitative estimate of drug-likeness (QED) is 0.851. The van der Waals surface area contributed by atoms with Crippen molar-refractivity contribution in [2.75, 3.05) is 6.54 Å². The molecule has 0 amide bonds. The molecule has 0 saturated carbocycles. The summed E-state index contributed by atoms with van der Waals surface area (Å²) in [6.45, 7) is 7.82. The van der Waals surface area contributed by atoms with Crippen molar-refractivity contribution >= 4 is 16.9 Å². The number of aliphatic carboxylic acids is 1. The molecule has 0 fully saturated rings. The molecule has 1 aromatic heterocycles. The average molecular weight is 274 g/mol. The first-order chi connectivity index (χ1) is 9.44. The first-order valence-corrected chi connectivity index (χ1v) is 6.96. The van der Waals surface area contributed by atoms with Crippen molar-refractivity contribution in [3.8, 4) is 0 Å². The van der Waals surface area contributed by atoms with Gasteiger partial charge >= 0.3 is 5.97 Å². The maximum absolute atomic E-state index is 11.3. The standard InChI is InChI=1S/C16H22N2O2/c1-4-17-10-12-5-6-13-7-8-18(14(13)9-12)11-16(2,3)15(19)20/h5-9,17H,4,10-11H2,1-3H3,(H,19,20). The van der Waals surface area contributed by atoms with Gasteiger partial charge in [0.25, 0.3) is 0 Å². The number of nitrogens with zero attached hydrogens (tertiary/aromatic N) is 1. The fraction of sp³-hybridized carbons (Fsp3) is 0.438. The Hall–Kier alpha value is -1.81. The van der Waals surface area contributed by atoms with Gasteiger partial charge in [-0.1, -0.05) is 19.1 Å². The average Bonchev–Trinajstić information content (AvgIpc) is 2.78. The van der Waals surface area contributed by atoms with Crippen LogP contribution in [0.4, 0.5) is 0 Å². The van der Waals surface area contributed by atoms with E-state index in [1.54, 1.807) is 13.8 Å². The number of carboxylic acid groups (broad SMARTS) is 1. The molecule has 0 bridgehead atoms. The van der Waals surface area contributed by atoms with Crippen LogP contribution in [-0.4, -0.2) is 22.2 Å². The van der Waals surface area contributed by atoms with Crippen LogP contribution in [0.25, 0.3) is 10.9 Å². The number of benzene rings is 1. The smallest absolute Gasteiger partial charge is 0.310 e. The second-order valence-electron chi connectivity index (χ2n) is 5.81. The maximum Gasteiger partial charge on any atom is 0.310 e. The normalized spacial score (nSPS) is 11.9. The molecule has 0 radical (unpaired) electrons. The summed E-state index contributed by atoms with van der Waals surface area (Å²) in [4.78, 5) is 11.3. The molecule has 1 aromatic carbocycles. The number of rotatable bonds is 6. The van der Waals surface area contributed by atoms with Crippen LogP contribution < -0.4 is 5.32 Å². The minimum absolute atomic E-state index is 0.469. The molecule has 20 heavy (non-hydrogen) atoms. The Bertz CT molecular complexity index is 614. The molecule has 0 aliphatic carbocycles. The predicted molar refractivity (Wildman–Crippen MR) is 80.7 cm³/mol. The van der Waals surface area contributed by atoms with Crippen LogP contribution in [-0.2, 0) is 17.9 Å². The van der Waals surface area contributed by atoms with E-state index in [-0.39, 0.29) is 0 Å². The van der Waals surface area contributed by atoms with Crippen molar-refractivity contribution in [1.29, 1.82) is 0 Å². The summed E-state index contributed by atoms with van der Waals surface area (Å²) in [5.74, 6) is -0.775. The highest BCUT2D eigenvalue weighted by Gasteiger charge is 2.27. The van der Waals surface area contributed by atoms with Crippen molar-refractivity contribution in [2.45, 2.75) is 33.9 Å². The zero-order valence-corrected chi connectivity index (χ0v) is 12.3. The van der Waals surface area contributed by atoms with Crippen molar-refractivity contribution < 1.29 is 9.90 Å². The predicted octanol–water partition coefficient (Wildman–Crippen LogP) is 2.86. The molecule has 4 nitrogen and oxygen atoms in total. The Labute approximate surface area is 119 Å². The van der Waals surface area contributed by atoms with Crippen LogP contribution in [0, 0.1) is 5.41 Å². The molecule has 0 aliphatic heterocycles. The third kappa shape index (κ3) is 3.02. The summed E-state index contributed by atoms with van der Waals surface area (Å²) in [6.07, 6.45) is 1.96. The lowest BCUT2D eigenvalue weighted by Crippen LogP contribution is -2.28. The van der Waals surface area contributed by atoms with Gasteiger partial charge in [0, 0.05) is 24.8 Å². The second kappa shape index (κ2) is 5.67. The van der Waals surface area contributed by atoms with Gasteiger partial charge in [-0.25, -0.2) is 0 Å². The molecule has 0 saturated heterocycles.